The number of amides is 1. The number of halogens is 1. The number of aromatic nitrogens is 1. The number of carboxylic acids is 1. The first-order valence-corrected chi connectivity index (χ1v) is 8.16. The molecule has 0 saturated carbocycles. The van der Waals surface area contributed by atoms with Gasteiger partial charge in [-0.2, -0.15) is 0 Å². The molecule has 5 nitrogen and oxygen atoms in total. The predicted molar refractivity (Wildman–Crippen MR) is 89.9 cm³/mol. The molecule has 3 rings (SSSR count). The molecule has 2 atom stereocenters. The Morgan fingerprint density at radius 2 is 2.04 bits per heavy atom. The molecule has 1 amide bonds. The van der Waals surface area contributed by atoms with E-state index < -0.39 is 5.97 Å². The van der Waals surface area contributed by atoms with E-state index in [9.17, 15) is 14.0 Å². The van der Waals surface area contributed by atoms with Crippen LogP contribution in [0.2, 0.25) is 0 Å². The first-order chi connectivity index (χ1) is 11.9. The van der Waals surface area contributed by atoms with E-state index in [0.29, 0.717) is 12.2 Å². The normalized spacial score (nSPS) is 19.9. The zero-order chi connectivity index (χ0) is 18.1. The third-order valence-corrected chi connectivity index (χ3v) is 4.69. The van der Waals surface area contributed by atoms with Crippen LogP contribution in [0.1, 0.15) is 51.5 Å². The summed E-state index contributed by atoms with van der Waals surface area (Å²) in [6, 6.07) is 8.91. The average Bonchev–Trinajstić information content (AvgIpc) is 2.95. The number of carboxylic acid groups (broad SMARTS) is 1. The highest BCUT2D eigenvalue weighted by Gasteiger charge is 2.36. The molecule has 1 aromatic heterocycles. The summed E-state index contributed by atoms with van der Waals surface area (Å²) in [7, 11) is 0. The van der Waals surface area contributed by atoms with Crippen LogP contribution in [0.15, 0.2) is 36.4 Å². The lowest BCUT2D eigenvalue weighted by atomic mass is 9.95. The summed E-state index contributed by atoms with van der Waals surface area (Å²) in [5, 5.41) is 9.09. The quantitative estimate of drug-likeness (QED) is 0.927. The van der Waals surface area contributed by atoms with Gasteiger partial charge in [-0.15, -0.1) is 0 Å². The molecule has 1 fully saturated rings. The van der Waals surface area contributed by atoms with E-state index in [4.69, 9.17) is 5.11 Å². The van der Waals surface area contributed by atoms with Crippen molar-refractivity contribution in [1.29, 1.82) is 0 Å². The molecule has 130 valence electrons. The molecule has 6 heteroatoms. The Morgan fingerprint density at radius 1 is 1.28 bits per heavy atom. The van der Waals surface area contributed by atoms with Crippen molar-refractivity contribution in [2.75, 3.05) is 6.54 Å². The standard InChI is InChI=1S/C19H19FN2O3/c1-11-8-9-22(17(11)13-4-3-5-14(20)10-13)18(23)16-7-6-15(19(24)25)12(2)21-16/h3-7,10-11,17H,8-9H2,1-2H3,(H,24,25). The number of nitrogens with zero attached hydrogens (tertiary/aromatic N) is 2. The second-order valence-electron chi connectivity index (χ2n) is 6.40. The van der Waals surface area contributed by atoms with E-state index in [1.54, 1.807) is 17.9 Å². The molecule has 1 N–H and O–H groups in total. The van der Waals surface area contributed by atoms with Crippen molar-refractivity contribution in [1.82, 2.24) is 9.88 Å². The van der Waals surface area contributed by atoms with Gasteiger partial charge in [0.2, 0.25) is 0 Å². The van der Waals surface area contributed by atoms with Crippen LogP contribution in [0.4, 0.5) is 4.39 Å². The third-order valence-electron chi connectivity index (χ3n) is 4.69. The lowest BCUT2D eigenvalue weighted by Crippen LogP contribution is -2.32. The molecule has 1 aliphatic rings. The number of aromatic carboxylic acids is 1. The van der Waals surface area contributed by atoms with Gasteiger partial charge in [0, 0.05) is 6.54 Å². The number of hydrogen-bond acceptors (Lipinski definition) is 3. The van der Waals surface area contributed by atoms with Crippen LogP contribution in [0.5, 0.6) is 0 Å². The summed E-state index contributed by atoms with van der Waals surface area (Å²) < 4.78 is 13.6. The number of hydrogen-bond donors (Lipinski definition) is 1. The van der Waals surface area contributed by atoms with E-state index in [0.717, 1.165) is 12.0 Å². The van der Waals surface area contributed by atoms with E-state index in [1.165, 1.54) is 24.3 Å². The topological polar surface area (TPSA) is 70.5 Å². The average molecular weight is 342 g/mol. The molecule has 1 saturated heterocycles. The van der Waals surface area contributed by atoms with Crippen LogP contribution in [0.3, 0.4) is 0 Å². The number of carbonyl (C=O) groups excluding carboxylic acids is 1. The van der Waals surface area contributed by atoms with E-state index in [-0.39, 0.29) is 34.9 Å². The molecule has 1 aromatic carbocycles. The third kappa shape index (κ3) is 3.24. The second-order valence-corrected chi connectivity index (χ2v) is 6.40. The summed E-state index contributed by atoms with van der Waals surface area (Å²) in [6.45, 7) is 4.16. The van der Waals surface area contributed by atoms with Crippen molar-refractivity contribution in [3.63, 3.8) is 0 Å². The van der Waals surface area contributed by atoms with E-state index in [2.05, 4.69) is 4.98 Å². The lowest BCUT2D eigenvalue weighted by Gasteiger charge is -2.27. The molecular formula is C19H19FN2O3. The minimum atomic E-state index is -1.07. The first kappa shape index (κ1) is 17.1. The number of likely N-dealkylation sites (tertiary alicyclic amines) is 1. The molecule has 0 radical (unpaired) electrons. The maximum atomic E-state index is 13.6. The monoisotopic (exact) mass is 342 g/mol. The summed E-state index contributed by atoms with van der Waals surface area (Å²) >= 11 is 0. The van der Waals surface area contributed by atoms with Crippen LogP contribution >= 0.6 is 0 Å². The van der Waals surface area contributed by atoms with Crippen molar-refractivity contribution in [2.45, 2.75) is 26.3 Å². The van der Waals surface area contributed by atoms with Crippen LogP contribution < -0.4 is 0 Å². The van der Waals surface area contributed by atoms with E-state index in [1.807, 2.05) is 13.0 Å². The number of pyridine rings is 1. The maximum absolute atomic E-state index is 13.6. The van der Waals surface area contributed by atoms with Crippen molar-refractivity contribution < 1.29 is 19.1 Å². The number of carbonyl (C=O) groups is 2. The molecule has 0 bridgehead atoms. The number of rotatable bonds is 3. The molecule has 0 aliphatic carbocycles. The zero-order valence-electron chi connectivity index (χ0n) is 14.1. The highest BCUT2D eigenvalue weighted by Crippen LogP contribution is 2.37. The smallest absolute Gasteiger partial charge is 0.337 e. The first-order valence-electron chi connectivity index (χ1n) is 8.16. The number of aryl methyl sites for hydroxylation is 1. The number of benzene rings is 1. The van der Waals surface area contributed by atoms with Gasteiger partial charge in [0.15, 0.2) is 0 Å². The zero-order valence-corrected chi connectivity index (χ0v) is 14.1. The van der Waals surface area contributed by atoms with Crippen LogP contribution in [-0.2, 0) is 0 Å². The van der Waals surface area contributed by atoms with Gasteiger partial charge in [0.25, 0.3) is 5.91 Å². The largest absolute Gasteiger partial charge is 0.478 e. The second kappa shape index (κ2) is 6.63. The fraction of sp³-hybridized carbons (Fsp3) is 0.316. The Morgan fingerprint density at radius 3 is 2.68 bits per heavy atom. The van der Waals surface area contributed by atoms with Gasteiger partial charge in [-0.25, -0.2) is 14.2 Å². The fourth-order valence-electron chi connectivity index (χ4n) is 3.43. The Hall–Kier alpha value is -2.76. The van der Waals surface area contributed by atoms with Gasteiger partial charge in [0.1, 0.15) is 11.5 Å². The highest BCUT2D eigenvalue weighted by atomic mass is 19.1. The Balaban J connectivity index is 1.93. The van der Waals surface area contributed by atoms with Gasteiger partial charge >= 0.3 is 5.97 Å². The predicted octanol–water partition coefficient (Wildman–Crippen LogP) is 3.45. The molecule has 2 heterocycles. The molecular weight excluding hydrogens is 323 g/mol. The minimum Gasteiger partial charge on any atom is -0.478 e. The maximum Gasteiger partial charge on any atom is 0.337 e. The summed E-state index contributed by atoms with van der Waals surface area (Å²) in [4.78, 5) is 29.9. The van der Waals surface area contributed by atoms with Crippen LogP contribution in [0.25, 0.3) is 0 Å². The summed E-state index contributed by atoms with van der Waals surface area (Å²) in [5.41, 5.74) is 1.34. The van der Waals surface area contributed by atoms with Crippen molar-refractivity contribution in [3.05, 3.63) is 64.7 Å². The van der Waals surface area contributed by atoms with Crippen molar-refractivity contribution >= 4 is 11.9 Å². The summed E-state index contributed by atoms with van der Waals surface area (Å²) in [5.74, 6) is -1.47. The van der Waals surface area contributed by atoms with Crippen molar-refractivity contribution in [2.24, 2.45) is 5.92 Å². The Labute approximate surface area is 145 Å². The van der Waals surface area contributed by atoms with Gasteiger partial charge in [-0.3, -0.25) is 4.79 Å². The van der Waals surface area contributed by atoms with Gasteiger partial charge in [-0.1, -0.05) is 19.1 Å². The lowest BCUT2D eigenvalue weighted by molar-refractivity contribution is 0.0686. The van der Waals surface area contributed by atoms with Crippen LogP contribution in [-0.4, -0.2) is 33.4 Å². The molecule has 25 heavy (non-hydrogen) atoms. The molecule has 2 unspecified atom stereocenters. The highest BCUT2D eigenvalue weighted by molar-refractivity contribution is 5.94. The van der Waals surface area contributed by atoms with Gasteiger partial charge in [-0.05, 0) is 49.1 Å². The van der Waals surface area contributed by atoms with Crippen molar-refractivity contribution in [3.8, 4) is 0 Å². The van der Waals surface area contributed by atoms with Gasteiger partial charge in [0.05, 0.1) is 17.3 Å². The van der Waals surface area contributed by atoms with E-state index >= 15 is 0 Å². The summed E-state index contributed by atoms with van der Waals surface area (Å²) in [6.07, 6.45) is 0.819. The molecule has 2 aromatic rings. The van der Waals surface area contributed by atoms with Crippen LogP contribution in [0, 0.1) is 18.7 Å². The SMILES string of the molecule is Cc1nc(C(=O)N2CCC(C)C2c2cccc(F)c2)ccc1C(=O)O. The molecule has 0 spiro atoms. The minimum absolute atomic E-state index is 0.0769. The Kier molecular flexibility index (Phi) is 4.53. The fourth-order valence-corrected chi connectivity index (χ4v) is 3.43. The van der Waals surface area contributed by atoms with Gasteiger partial charge < -0.3 is 10.0 Å². The Bertz CT molecular complexity index is 837. The molecule has 1 aliphatic heterocycles.